The highest BCUT2D eigenvalue weighted by Crippen LogP contribution is 2.09. The predicted octanol–water partition coefficient (Wildman–Crippen LogP) is 2.81. The number of benzene rings is 2. The number of carbonyl (C=O) groups is 2. The number of hydrogen-bond donors (Lipinski definition) is 2. The standard InChI is InChI=1S/C18H19NO3/c1-13-7-9-14(10-8-13)11-16(12-17(20)21)19-18(22)15-5-3-2-4-6-15/h2-10,16H,11-12H2,1H3,(H,19,22)(H,20,21). The summed E-state index contributed by atoms with van der Waals surface area (Å²) >= 11 is 0. The number of carboxylic acid groups (broad SMARTS) is 1. The molecule has 1 amide bonds. The number of aryl methyl sites for hydroxylation is 1. The van der Waals surface area contributed by atoms with E-state index in [0.29, 0.717) is 12.0 Å². The molecule has 114 valence electrons. The SMILES string of the molecule is Cc1ccc(CC(CC(=O)O)NC(=O)c2ccccc2)cc1. The predicted molar refractivity (Wildman–Crippen MR) is 84.8 cm³/mol. The van der Waals surface area contributed by atoms with Crippen LogP contribution in [0.2, 0.25) is 0 Å². The molecule has 0 fully saturated rings. The van der Waals surface area contributed by atoms with Crippen LogP contribution in [-0.4, -0.2) is 23.0 Å². The first-order chi connectivity index (χ1) is 10.5. The molecule has 0 saturated heterocycles. The summed E-state index contributed by atoms with van der Waals surface area (Å²) in [5.41, 5.74) is 2.68. The Morgan fingerprint density at radius 3 is 2.27 bits per heavy atom. The Labute approximate surface area is 129 Å². The Balaban J connectivity index is 2.07. The monoisotopic (exact) mass is 297 g/mol. The summed E-state index contributed by atoms with van der Waals surface area (Å²) in [5.74, 6) is -1.18. The van der Waals surface area contributed by atoms with E-state index in [0.717, 1.165) is 11.1 Å². The molecular weight excluding hydrogens is 278 g/mol. The van der Waals surface area contributed by atoms with Crippen LogP contribution in [0.3, 0.4) is 0 Å². The second kappa shape index (κ2) is 7.41. The fourth-order valence-electron chi connectivity index (χ4n) is 2.25. The number of aliphatic carboxylic acids is 1. The summed E-state index contributed by atoms with van der Waals surface area (Å²) < 4.78 is 0. The third-order valence-corrected chi connectivity index (χ3v) is 3.39. The van der Waals surface area contributed by atoms with Crippen LogP contribution in [0, 0.1) is 6.92 Å². The quantitative estimate of drug-likeness (QED) is 0.861. The van der Waals surface area contributed by atoms with Gasteiger partial charge in [-0.05, 0) is 31.0 Å². The van der Waals surface area contributed by atoms with Crippen LogP contribution in [0.5, 0.6) is 0 Å². The molecule has 1 atom stereocenters. The van der Waals surface area contributed by atoms with Crippen molar-refractivity contribution < 1.29 is 14.7 Å². The molecule has 0 saturated carbocycles. The van der Waals surface area contributed by atoms with Crippen LogP contribution in [-0.2, 0) is 11.2 Å². The summed E-state index contributed by atoms with van der Waals surface area (Å²) in [6.45, 7) is 2.00. The number of amides is 1. The van der Waals surface area contributed by atoms with Crippen molar-refractivity contribution in [3.63, 3.8) is 0 Å². The zero-order valence-electron chi connectivity index (χ0n) is 12.5. The molecule has 0 bridgehead atoms. The van der Waals surface area contributed by atoms with Crippen LogP contribution >= 0.6 is 0 Å². The number of nitrogens with one attached hydrogen (secondary N) is 1. The van der Waals surface area contributed by atoms with Crippen molar-refractivity contribution in [1.82, 2.24) is 5.32 Å². The van der Waals surface area contributed by atoms with Crippen molar-refractivity contribution in [3.05, 3.63) is 71.3 Å². The molecule has 0 spiro atoms. The second-order valence-corrected chi connectivity index (χ2v) is 5.32. The molecule has 0 aliphatic heterocycles. The van der Waals surface area contributed by atoms with Gasteiger partial charge in [0.2, 0.25) is 0 Å². The van der Waals surface area contributed by atoms with Gasteiger partial charge in [0.15, 0.2) is 0 Å². The van der Waals surface area contributed by atoms with Gasteiger partial charge in [-0.15, -0.1) is 0 Å². The third-order valence-electron chi connectivity index (χ3n) is 3.39. The minimum atomic E-state index is -0.925. The lowest BCUT2D eigenvalue weighted by atomic mass is 10.0. The first-order valence-electron chi connectivity index (χ1n) is 7.18. The van der Waals surface area contributed by atoms with Crippen LogP contribution in [0.15, 0.2) is 54.6 Å². The van der Waals surface area contributed by atoms with E-state index >= 15 is 0 Å². The van der Waals surface area contributed by atoms with E-state index in [1.807, 2.05) is 37.3 Å². The molecule has 0 aromatic heterocycles. The molecule has 2 N–H and O–H groups in total. The Morgan fingerprint density at radius 1 is 1.05 bits per heavy atom. The first-order valence-corrected chi connectivity index (χ1v) is 7.18. The van der Waals surface area contributed by atoms with Crippen molar-refractivity contribution in [2.45, 2.75) is 25.8 Å². The number of hydrogen-bond acceptors (Lipinski definition) is 2. The average molecular weight is 297 g/mol. The number of rotatable bonds is 6. The maximum atomic E-state index is 12.2. The Bertz CT molecular complexity index is 635. The van der Waals surface area contributed by atoms with Crippen molar-refractivity contribution in [1.29, 1.82) is 0 Å². The highest BCUT2D eigenvalue weighted by atomic mass is 16.4. The lowest BCUT2D eigenvalue weighted by Gasteiger charge is -2.17. The normalized spacial score (nSPS) is 11.7. The van der Waals surface area contributed by atoms with Crippen molar-refractivity contribution in [2.75, 3.05) is 0 Å². The van der Waals surface area contributed by atoms with E-state index in [-0.39, 0.29) is 12.3 Å². The van der Waals surface area contributed by atoms with E-state index in [4.69, 9.17) is 5.11 Å². The molecule has 0 heterocycles. The maximum absolute atomic E-state index is 12.2. The molecule has 4 nitrogen and oxygen atoms in total. The second-order valence-electron chi connectivity index (χ2n) is 5.32. The van der Waals surface area contributed by atoms with Gasteiger partial charge in [-0.1, -0.05) is 48.0 Å². The fraction of sp³-hybridized carbons (Fsp3) is 0.222. The van der Waals surface area contributed by atoms with Gasteiger partial charge in [-0.2, -0.15) is 0 Å². The minimum absolute atomic E-state index is 0.105. The zero-order valence-corrected chi connectivity index (χ0v) is 12.5. The highest BCUT2D eigenvalue weighted by Gasteiger charge is 2.17. The summed E-state index contributed by atoms with van der Waals surface area (Å²) in [4.78, 5) is 23.2. The van der Waals surface area contributed by atoms with E-state index < -0.39 is 12.0 Å². The van der Waals surface area contributed by atoms with Gasteiger partial charge in [-0.25, -0.2) is 0 Å². The molecule has 0 aliphatic rings. The van der Waals surface area contributed by atoms with E-state index in [1.54, 1.807) is 24.3 Å². The van der Waals surface area contributed by atoms with Gasteiger partial charge in [-0.3, -0.25) is 9.59 Å². The van der Waals surface area contributed by atoms with Gasteiger partial charge >= 0.3 is 5.97 Å². The molecule has 22 heavy (non-hydrogen) atoms. The molecule has 0 radical (unpaired) electrons. The van der Waals surface area contributed by atoms with Crippen molar-refractivity contribution in [3.8, 4) is 0 Å². The van der Waals surface area contributed by atoms with Crippen LogP contribution in [0.4, 0.5) is 0 Å². The first kappa shape index (κ1) is 15.8. The minimum Gasteiger partial charge on any atom is -0.481 e. The van der Waals surface area contributed by atoms with E-state index in [2.05, 4.69) is 5.32 Å². The zero-order chi connectivity index (χ0) is 15.9. The fourth-order valence-corrected chi connectivity index (χ4v) is 2.25. The molecule has 2 aromatic carbocycles. The summed E-state index contributed by atoms with van der Waals surface area (Å²) in [6, 6.07) is 16.2. The smallest absolute Gasteiger partial charge is 0.305 e. The number of carboxylic acids is 1. The van der Waals surface area contributed by atoms with Crippen LogP contribution in [0.1, 0.15) is 27.9 Å². The molecule has 1 unspecified atom stereocenters. The van der Waals surface area contributed by atoms with Crippen molar-refractivity contribution in [2.24, 2.45) is 0 Å². The lowest BCUT2D eigenvalue weighted by Crippen LogP contribution is -2.38. The van der Waals surface area contributed by atoms with Crippen molar-refractivity contribution >= 4 is 11.9 Å². The van der Waals surface area contributed by atoms with Crippen LogP contribution in [0.25, 0.3) is 0 Å². The summed E-state index contributed by atoms with van der Waals surface area (Å²) in [5, 5.41) is 11.8. The Morgan fingerprint density at radius 2 is 1.68 bits per heavy atom. The largest absolute Gasteiger partial charge is 0.481 e. The van der Waals surface area contributed by atoms with Gasteiger partial charge < -0.3 is 10.4 Å². The van der Waals surface area contributed by atoms with E-state index in [9.17, 15) is 9.59 Å². The highest BCUT2D eigenvalue weighted by molar-refractivity contribution is 5.94. The topological polar surface area (TPSA) is 66.4 Å². The van der Waals surface area contributed by atoms with E-state index in [1.165, 1.54) is 0 Å². The van der Waals surface area contributed by atoms with Gasteiger partial charge in [0.05, 0.1) is 6.42 Å². The van der Waals surface area contributed by atoms with Gasteiger partial charge in [0.25, 0.3) is 5.91 Å². The third kappa shape index (κ3) is 4.74. The Hall–Kier alpha value is -2.62. The average Bonchev–Trinajstić information content (AvgIpc) is 2.50. The van der Waals surface area contributed by atoms with Gasteiger partial charge in [0.1, 0.15) is 0 Å². The molecular formula is C18H19NO3. The van der Waals surface area contributed by atoms with Crippen LogP contribution < -0.4 is 5.32 Å². The summed E-state index contributed by atoms with van der Waals surface area (Å²) in [7, 11) is 0. The number of carbonyl (C=O) groups excluding carboxylic acids is 1. The summed E-state index contributed by atoms with van der Waals surface area (Å²) in [6.07, 6.45) is 0.387. The molecule has 2 rings (SSSR count). The maximum Gasteiger partial charge on any atom is 0.305 e. The van der Waals surface area contributed by atoms with Gasteiger partial charge in [0, 0.05) is 11.6 Å². The molecule has 0 aliphatic carbocycles. The molecule has 4 heteroatoms. The molecule has 2 aromatic rings. The lowest BCUT2D eigenvalue weighted by molar-refractivity contribution is -0.137. The Kier molecular flexibility index (Phi) is 5.31.